The van der Waals surface area contributed by atoms with Gasteiger partial charge >= 0.3 is 0 Å². The molecule has 1 aromatic carbocycles. The second-order valence-corrected chi connectivity index (χ2v) is 6.28. The van der Waals surface area contributed by atoms with Crippen LogP contribution in [0.4, 0.5) is 0 Å². The molecule has 1 aliphatic heterocycles. The fourth-order valence-corrected chi connectivity index (χ4v) is 3.96. The number of sulfonamides is 1. The van der Waals surface area contributed by atoms with E-state index in [1.54, 1.807) is 12.1 Å². The van der Waals surface area contributed by atoms with Gasteiger partial charge in [0.1, 0.15) is 0 Å². The van der Waals surface area contributed by atoms with Gasteiger partial charge in [0, 0.05) is 19.1 Å². The van der Waals surface area contributed by atoms with Crippen LogP contribution in [0.3, 0.4) is 0 Å². The van der Waals surface area contributed by atoms with E-state index in [1.165, 1.54) is 4.31 Å². The maximum absolute atomic E-state index is 12.4. The maximum atomic E-state index is 12.4. The fraction of sp³-hybridized carbons (Fsp3) is 0.500. The van der Waals surface area contributed by atoms with Crippen molar-refractivity contribution in [3.63, 3.8) is 0 Å². The van der Waals surface area contributed by atoms with Crippen LogP contribution in [0.2, 0.25) is 0 Å². The molecule has 0 saturated carbocycles. The first-order valence-electron chi connectivity index (χ1n) is 5.89. The molecule has 1 saturated heterocycles. The molecule has 1 heterocycles. The number of benzene rings is 1. The summed E-state index contributed by atoms with van der Waals surface area (Å²) in [5, 5.41) is 0. The number of aryl methyl sites for hydroxylation is 1. The summed E-state index contributed by atoms with van der Waals surface area (Å²) in [7, 11) is -3.36. The quantitative estimate of drug-likeness (QED) is 0.874. The summed E-state index contributed by atoms with van der Waals surface area (Å²) in [6.45, 7) is 2.92. The molecule has 4 nitrogen and oxygen atoms in total. The van der Waals surface area contributed by atoms with Crippen LogP contribution in [0.25, 0.3) is 0 Å². The molecular formula is C12H18N2O2S. The zero-order valence-electron chi connectivity index (χ0n) is 9.96. The summed E-state index contributed by atoms with van der Waals surface area (Å²) in [4.78, 5) is 0.427. The van der Waals surface area contributed by atoms with Crippen LogP contribution < -0.4 is 5.73 Å². The lowest BCUT2D eigenvalue weighted by Gasteiger charge is -2.17. The molecule has 0 aliphatic carbocycles. The Bertz CT molecular complexity index is 499. The number of hydrogen-bond donors (Lipinski definition) is 1. The van der Waals surface area contributed by atoms with Gasteiger partial charge in [0.15, 0.2) is 0 Å². The Morgan fingerprint density at radius 3 is 2.71 bits per heavy atom. The predicted molar refractivity (Wildman–Crippen MR) is 67.2 cm³/mol. The predicted octanol–water partition coefficient (Wildman–Crippen LogP) is 0.971. The maximum Gasteiger partial charge on any atom is 0.243 e. The average molecular weight is 254 g/mol. The summed E-state index contributed by atoms with van der Waals surface area (Å²) in [6, 6.07) is 7.15. The van der Waals surface area contributed by atoms with Gasteiger partial charge in [0.25, 0.3) is 0 Å². The standard InChI is InChI=1S/C12H18N2O2S/c1-2-10-5-3-4-6-12(10)17(15,16)14-8-7-11(13)9-14/h3-6,11H,2,7-9,13H2,1H3. The van der Waals surface area contributed by atoms with E-state index < -0.39 is 10.0 Å². The number of nitrogens with zero attached hydrogens (tertiary/aromatic N) is 1. The normalized spacial score (nSPS) is 21.9. The third kappa shape index (κ3) is 2.36. The van der Waals surface area contributed by atoms with E-state index in [9.17, 15) is 8.42 Å². The fourth-order valence-electron chi connectivity index (χ4n) is 2.16. The summed E-state index contributed by atoms with van der Waals surface area (Å²) in [5.74, 6) is 0. The van der Waals surface area contributed by atoms with Crippen molar-refractivity contribution in [3.05, 3.63) is 29.8 Å². The number of nitrogens with two attached hydrogens (primary N) is 1. The molecule has 1 aliphatic rings. The topological polar surface area (TPSA) is 63.4 Å². The summed E-state index contributed by atoms with van der Waals surface area (Å²) >= 11 is 0. The van der Waals surface area contributed by atoms with Gasteiger partial charge in [-0.05, 0) is 24.5 Å². The molecule has 2 N–H and O–H groups in total. The van der Waals surface area contributed by atoms with E-state index in [4.69, 9.17) is 5.73 Å². The summed E-state index contributed by atoms with van der Waals surface area (Å²) in [6.07, 6.45) is 1.46. The molecule has 2 rings (SSSR count). The van der Waals surface area contributed by atoms with Crippen LogP contribution in [0, 0.1) is 0 Å². The minimum absolute atomic E-state index is 0.0291. The monoisotopic (exact) mass is 254 g/mol. The van der Waals surface area contributed by atoms with Gasteiger partial charge < -0.3 is 5.73 Å². The molecule has 1 unspecified atom stereocenters. The zero-order valence-corrected chi connectivity index (χ0v) is 10.8. The molecule has 1 fully saturated rings. The third-order valence-corrected chi connectivity index (χ3v) is 5.12. The Labute approximate surface area is 102 Å². The highest BCUT2D eigenvalue weighted by atomic mass is 32.2. The van der Waals surface area contributed by atoms with Gasteiger partial charge in [-0.1, -0.05) is 25.1 Å². The molecule has 0 spiro atoms. The molecule has 1 atom stereocenters. The van der Waals surface area contributed by atoms with Crippen LogP contribution in [-0.4, -0.2) is 31.9 Å². The van der Waals surface area contributed by atoms with Crippen LogP contribution >= 0.6 is 0 Å². The van der Waals surface area contributed by atoms with E-state index >= 15 is 0 Å². The van der Waals surface area contributed by atoms with Crippen molar-refractivity contribution in [1.82, 2.24) is 4.31 Å². The van der Waals surface area contributed by atoms with Crippen molar-refractivity contribution in [1.29, 1.82) is 0 Å². The van der Waals surface area contributed by atoms with Crippen molar-refractivity contribution in [2.75, 3.05) is 13.1 Å². The first kappa shape index (κ1) is 12.5. The van der Waals surface area contributed by atoms with Crippen LogP contribution in [0.5, 0.6) is 0 Å². The molecular weight excluding hydrogens is 236 g/mol. The van der Waals surface area contributed by atoms with Gasteiger partial charge in [-0.15, -0.1) is 0 Å². The van der Waals surface area contributed by atoms with Gasteiger partial charge in [0.2, 0.25) is 10.0 Å². The Balaban J connectivity index is 2.38. The summed E-state index contributed by atoms with van der Waals surface area (Å²) in [5.41, 5.74) is 6.63. The second-order valence-electron chi connectivity index (χ2n) is 4.37. The minimum atomic E-state index is -3.36. The molecule has 0 amide bonds. The van der Waals surface area contributed by atoms with Gasteiger partial charge in [0.05, 0.1) is 4.90 Å². The minimum Gasteiger partial charge on any atom is -0.326 e. The zero-order chi connectivity index (χ0) is 12.5. The van der Waals surface area contributed by atoms with Crippen LogP contribution in [0.1, 0.15) is 18.9 Å². The third-order valence-electron chi connectivity index (χ3n) is 3.16. The number of hydrogen-bond acceptors (Lipinski definition) is 3. The van der Waals surface area contributed by atoms with Crippen molar-refractivity contribution in [3.8, 4) is 0 Å². The van der Waals surface area contributed by atoms with Crippen LogP contribution in [0.15, 0.2) is 29.2 Å². The van der Waals surface area contributed by atoms with Crippen molar-refractivity contribution in [2.45, 2.75) is 30.7 Å². The molecule has 0 bridgehead atoms. The lowest BCUT2D eigenvalue weighted by atomic mass is 10.2. The highest BCUT2D eigenvalue weighted by Crippen LogP contribution is 2.23. The highest BCUT2D eigenvalue weighted by molar-refractivity contribution is 7.89. The summed E-state index contributed by atoms with van der Waals surface area (Å²) < 4.78 is 26.4. The smallest absolute Gasteiger partial charge is 0.243 e. The van der Waals surface area contributed by atoms with E-state index in [1.807, 2.05) is 19.1 Å². The molecule has 94 valence electrons. The van der Waals surface area contributed by atoms with E-state index in [2.05, 4.69) is 0 Å². The lowest BCUT2D eigenvalue weighted by Crippen LogP contribution is -2.32. The highest BCUT2D eigenvalue weighted by Gasteiger charge is 2.31. The Kier molecular flexibility index (Phi) is 3.51. The molecule has 17 heavy (non-hydrogen) atoms. The first-order valence-corrected chi connectivity index (χ1v) is 7.33. The molecule has 1 aromatic rings. The SMILES string of the molecule is CCc1ccccc1S(=O)(=O)N1CCC(N)C1. The average Bonchev–Trinajstić information content (AvgIpc) is 2.76. The van der Waals surface area contributed by atoms with Gasteiger partial charge in [-0.2, -0.15) is 4.31 Å². The Hall–Kier alpha value is -0.910. The van der Waals surface area contributed by atoms with Crippen molar-refractivity contribution < 1.29 is 8.42 Å². The number of rotatable bonds is 3. The van der Waals surface area contributed by atoms with Crippen LogP contribution in [-0.2, 0) is 16.4 Å². The van der Waals surface area contributed by atoms with Crippen molar-refractivity contribution >= 4 is 10.0 Å². The van der Waals surface area contributed by atoms with E-state index in [0.717, 1.165) is 18.4 Å². The van der Waals surface area contributed by atoms with Crippen molar-refractivity contribution in [2.24, 2.45) is 5.73 Å². The largest absolute Gasteiger partial charge is 0.326 e. The molecule has 0 radical (unpaired) electrons. The van der Waals surface area contributed by atoms with Gasteiger partial charge in [-0.3, -0.25) is 0 Å². The van der Waals surface area contributed by atoms with Gasteiger partial charge in [-0.25, -0.2) is 8.42 Å². The second kappa shape index (κ2) is 4.76. The Morgan fingerprint density at radius 1 is 1.41 bits per heavy atom. The Morgan fingerprint density at radius 2 is 2.12 bits per heavy atom. The molecule has 0 aromatic heterocycles. The lowest BCUT2D eigenvalue weighted by molar-refractivity contribution is 0.471. The molecule has 5 heteroatoms. The van der Waals surface area contributed by atoms with E-state index in [0.29, 0.717) is 18.0 Å². The van der Waals surface area contributed by atoms with E-state index in [-0.39, 0.29) is 6.04 Å². The first-order chi connectivity index (χ1) is 8.05.